The van der Waals surface area contributed by atoms with E-state index in [0.29, 0.717) is 16.3 Å². The molecule has 0 aromatic heterocycles. The minimum absolute atomic E-state index is 0.0882. The number of hydrogen-bond donors (Lipinski definition) is 0. The smallest absolute Gasteiger partial charge is 0.148 e. The fraction of sp³-hybridized carbons (Fsp3) is 0.0769. The second-order valence-corrected chi connectivity index (χ2v) is 4.25. The lowest BCUT2D eigenvalue weighted by molar-refractivity contribution is 0.300. The molecule has 0 unspecified atom stereocenters. The first-order valence-corrected chi connectivity index (χ1v) is 5.74. The van der Waals surface area contributed by atoms with E-state index in [1.165, 1.54) is 6.07 Å². The number of halogens is 3. The van der Waals surface area contributed by atoms with Gasteiger partial charge in [0.05, 0.1) is 10.0 Å². The normalized spacial score (nSPS) is 10.3. The van der Waals surface area contributed by atoms with Crippen molar-refractivity contribution < 1.29 is 9.13 Å². The first-order chi connectivity index (χ1) is 8.18. The van der Waals surface area contributed by atoms with Gasteiger partial charge in [0.25, 0.3) is 0 Å². The summed E-state index contributed by atoms with van der Waals surface area (Å²) in [6, 6.07) is 11.8. The van der Waals surface area contributed by atoms with E-state index in [0.717, 1.165) is 0 Å². The van der Waals surface area contributed by atoms with Gasteiger partial charge < -0.3 is 4.74 Å². The van der Waals surface area contributed by atoms with Gasteiger partial charge in [-0.05, 0) is 18.2 Å². The van der Waals surface area contributed by atoms with Crippen LogP contribution in [-0.4, -0.2) is 0 Å². The molecule has 0 heterocycles. The third-order valence-corrected chi connectivity index (χ3v) is 2.86. The maximum Gasteiger partial charge on any atom is 0.148 e. The Morgan fingerprint density at radius 1 is 0.941 bits per heavy atom. The number of rotatable bonds is 3. The van der Waals surface area contributed by atoms with Gasteiger partial charge in [0.1, 0.15) is 18.2 Å². The molecule has 0 N–H and O–H groups in total. The highest BCUT2D eigenvalue weighted by Gasteiger charge is 2.07. The summed E-state index contributed by atoms with van der Waals surface area (Å²) in [5.74, 6) is 0.0646. The molecule has 1 nitrogen and oxygen atoms in total. The van der Waals surface area contributed by atoms with Crippen molar-refractivity contribution in [3.63, 3.8) is 0 Å². The summed E-state index contributed by atoms with van der Waals surface area (Å²) in [5.41, 5.74) is 0.400. The molecule has 0 radical (unpaired) electrons. The molecular weight excluding hydrogens is 262 g/mol. The molecule has 0 amide bonds. The summed E-state index contributed by atoms with van der Waals surface area (Å²) >= 11 is 11.6. The van der Waals surface area contributed by atoms with E-state index in [1.54, 1.807) is 36.4 Å². The van der Waals surface area contributed by atoms with Gasteiger partial charge in [-0.1, -0.05) is 47.5 Å². The highest BCUT2D eigenvalue weighted by molar-refractivity contribution is 6.32. The Balaban J connectivity index is 2.13. The Labute approximate surface area is 109 Å². The average molecular weight is 271 g/mol. The van der Waals surface area contributed by atoms with E-state index in [2.05, 4.69) is 0 Å². The summed E-state index contributed by atoms with van der Waals surface area (Å²) in [5, 5.41) is 0.584. The van der Waals surface area contributed by atoms with E-state index in [1.807, 2.05) is 0 Å². The van der Waals surface area contributed by atoms with Crippen molar-refractivity contribution in [1.82, 2.24) is 0 Å². The summed E-state index contributed by atoms with van der Waals surface area (Å²) < 4.78 is 19.0. The van der Waals surface area contributed by atoms with Crippen molar-refractivity contribution in [3.05, 3.63) is 63.9 Å². The first kappa shape index (κ1) is 12.2. The molecule has 0 spiro atoms. The summed E-state index contributed by atoms with van der Waals surface area (Å²) in [6.45, 7) is 0.0934. The van der Waals surface area contributed by atoms with Gasteiger partial charge >= 0.3 is 0 Å². The zero-order valence-corrected chi connectivity index (χ0v) is 10.3. The molecule has 2 aromatic rings. The third-order valence-electron chi connectivity index (χ3n) is 2.25. The van der Waals surface area contributed by atoms with Crippen LogP contribution in [0.4, 0.5) is 4.39 Å². The zero-order chi connectivity index (χ0) is 12.3. The van der Waals surface area contributed by atoms with E-state index in [-0.39, 0.29) is 11.6 Å². The second-order valence-electron chi connectivity index (χ2n) is 3.43. The highest BCUT2D eigenvalue weighted by atomic mass is 35.5. The van der Waals surface area contributed by atoms with E-state index >= 15 is 0 Å². The molecule has 4 heteroatoms. The van der Waals surface area contributed by atoms with Crippen LogP contribution in [0.25, 0.3) is 0 Å². The third kappa shape index (κ3) is 2.90. The summed E-state index contributed by atoms with van der Waals surface area (Å²) in [6.07, 6.45) is 0. The molecule has 0 saturated carbocycles. The SMILES string of the molecule is Fc1c(Cl)cccc1COc1ccccc1Cl. The van der Waals surface area contributed by atoms with Gasteiger partial charge in [0, 0.05) is 5.56 Å². The van der Waals surface area contributed by atoms with Crippen LogP contribution in [0.1, 0.15) is 5.56 Å². The monoisotopic (exact) mass is 270 g/mol. The number of hydrogen-bond acceptors (Lipinski definition) is 1. The Morgan fingerprint density at radius 2 is 1.65 bits per heavy atom. The number of para-hydroxylation sites is 1. The maximum atomic E-state index is 13.6. The maximum absolute atomic E-state index is 13.6. The van der Waals surface area contributed by atoms with Crippen LogP contribution in [-0.2, 0) is 6.61 Å². The van der Waals surface area contributed by atoms with Crippen LogP contribution < -0.4 is 4.74 Å². The lowest BCUT2D eigenvalue weighted by atomic mass is 10.2. The molecular formula is C13H9Cl2FO. The standard InChI is InChI=1S/C13H9Cl2FO/c14-10-5-1-2-7-12(10)17-8-9-4-3-6-11(15)13(9)16/h1-7H,8H2. The molecule has 88 valence electrons. The molecule has 0 atom stereocenters. The van der Waals surface area contributed by atoms with Crippen molar-refractivity contribution in [1.29, 1.82) is 0 Å². The molecule has 2 rings (SSSR count). The highest BCUT2D eigenvalue weighted by Crippen LogP contribution is 2.25. The van der Waals surface area contributed by atoms with Gasteiger partial charge in [-0.3, -0.25) is 0 Å². The average Bonchev–Trinajstić information content (AvgIpc) is 2.33. The van der Waals surface area contributed by atoms with Crippen LogP contribution in [0.2, 0.25) is 10.0 Å². The van der Waals surface area contributed by atoms with Crippen LogP contribution in [0, 0.1) is 5.82 Å². The van der Waals surface area contributed by atoms with Crippen LogP contribution in [0.15, 0.2) is 42.5 Å². The lowest BCUT2D eigenvalue weighted by Gasteiger charge is -2.08. The van der Waals surface area contributed by atoms with E-state index in [9.17, 15) is 4.39 Å². The minimum atomic E-state index is -0.457. The minimum Gasteiger partial charge on any atom is -0.487 e. The van der Waals surface area contributed by atoms with Gasteiger partial charge in [-0.15, -0.1) is 0 Å². The Kier molecular flexibility index (Phi) is 3.87. The van der Waals surface area contributed by atoms with Gasteiger partial charge in [0.2, 0.25) is 0 Å². The van der Waals surface area contributed by atoms with Gasteiger partial charge in [0.15, 0.2) is 0 Å². The zero-order valence-electron chi connectivity index (χ0n) is 8.79. The molecule has 0 saturated heterocycles. The molecule has 0 aliphatic heterocycles. The molecule has 0 bridgehead atoms. The quantitative estimate of drug-likeness (QED) is 0.785. The van der Waals surface area contributed by atoms with E-state index < -0.39 is 5.82 Å². The van der Waals surface area contributed by atoms with Gasteiger partial charge in [-0.25, -0.2) is 4.39 Å². The molecule has 2 aromatic carbocycles. The molecule has 0 fully saturated rings. The van der Waals surface area contributed by atoms with Gasteiger partial charge in [-0.2, -0.15) is 0 Å². The molecule has 17 heavy (non-hydrogen) atoms. The predicted molar refractivity (Wildman–Crippen MR) is 67.2 cm³/mol. The molecule has 0 aliphatic carbocycles. The lowest BCUT2D eigenvalue weighted by Crippen LogP contribution is -1.99. The van der Waals surface area contributed by atoms with Crippen LogP contribution >= 0.6 is 23.2 Å². The predicted octanol–water partition coefficient (Wildman–Crippen LogP) is 4.71. The number of benzene rings is 2. The largest absolute Gasteiger partial charge is 0.487 e. The van der Waals surface area contributed by atoms with Crippen LogP contribution in [0.3, 0.4) is 0 Å². The fourth-order valence-corrected chi connectivity index (χ4v) is 1.76. The first-order valence-electron chi connectivity index (χ1n) is 4.98. The summed E-state index contributed by atoms with van der Waals surface area (Å²) in [4.78, 5) is 0. The molecule has 0 aliphatic rings. The second kappa shape index (κ2) is 5.39. The van der Waals surface area contributed by atoms with Crippen molar-refractivity contribution in [2.45, 2.75) is 6.61 Å². The number of ether oxygens (including phenoxy) is 1. The van der Waals surface area contributed by atoms with Crippen molar-refractivity contribution in [3.8, 4) is 5.75 Å². The fourth-order valence-electron chi connectivity index (χ4n) is 1.38. The Bertz CT molecular complexity index is 529. The van der Waals surface area contributed by atoms with Crippen molar-refractivity contribution in [2.75, 3.05) is 0 Å². The Morgan fingerprint density at radius 3 is 2.41 bits per heavy atom. The van der Waals surface area contributed by atoms with Crippen molar-refractivity contribution in [2.24, 2.45) is 0 Å². The van der Waals surface area contributed by atoms with Crippen molar-refractivity contribution >= 4 is 23.2 Å². The van der Waals surface area contributed by atoms with E-state index in [4.69, 9.17) is 27.9 Å². The van der Waals surface area contributed by atoms with Crippen LogP contribution in [0.5, 0.6) is 5.75 Å². The topological polar surface area (TPSA) is 9.23 Å². The Hall–Kier alpha value is -1.25. The summed E-state index contributed by atoms with van der Waals surface area (Å²) in [7, 11) is 0.